The van der Waals surface area contributed by atoms with Crippen LogP contribution in [0.4, 0.5) is 0 Å². The van der Waals surface area contributed by atoms with Gasteiger partial charge in [-0.3, -0.25) is 9.59 Å². The number of carbonyl (C=O) groups is 2. The summed E-state index contributed by atoms with van der Waals surface area (Å²) in [5.74, 6) is -0.684. The first kappa shape index (κ1) is 15.6. The molecule has 4 heteroatoms. The van der Waals surface area contributed by atoms with Crippen molar-refractivity contribution in [3.8, 4) is 0 Å². The lowest BCUT2D eigenvalue weighted by Crippen LogP contribution is -2.43. The lowest BCUT2D eigenvalue weighted by molar-refractivity contribution is -0.159. The predicted octanol–water partition coefficient (Wildman–Crippen LogP) is 3.24. The van der Waals surface area contributed by atoms with Gasteiger partial charge < -0.3 is 4.74 Å². The molecular weight excluding hydrogens is 272 g/mol. The second-order valence-corrected chi connectivity index (χ2v) is 6.32. The topological polar surface area (TPSA) is 43.4 Å². The van der Waals surface area contributed by atoms with Gasteiger partial charge in [0.05, 0.1) is 0 Å². The third-order valence-electron chi connectivity index (χ3n) is 2.16. The van der Waals surface area contributed by atoms with Crippen LogP contribution in [0.15, 0.2) is 0 Å². The van der Waals surface area contributed by atoms with E-state index in [9.17, 15) is 9.59 Å². The van der Waals surface area contributed by atoms with E-state index in [0.29, 0.717) is 6.42 Å². The van der Waals surface area contributed by atoms with E-state index in [0.717, 1.165) is 12.8 Å². The number of halogens is 1. The summed E-state index contributed by atoms with van der Waals surface area (Å²) in [4.78, 5) is 23.5. The number of Topliss-reactive ketones (excluding diaryl/α,β-unsaturated/α-hetero) is 1. The minimum atomic E-state index is -1.17. The fraction of sp³-hybridized carbons (Fsp3) is 0.833. The highest BCUT2D eigenvalue weighted by molar-refractivity contribution is 9.10. The lowest BCUT2D eigenvalue weighted by atomic mass is 9.97. The Balaban J connectivity index is 4.77. The van der Waals surface area contributed by atoms with Crippen molar-refractivity contribution >= 4 is 27.7 Å². The van der Waals surface area contributed by atoms with Crippen LogP contribution in [0.3, 0.4) is 0 Å². The second-order valence-electron chi connectivity index (χ2n) is 4.96. The molecule has 0 aromatic rings. The molecule has 0 aliphatic rings. The third-order valence-corrected chi connectivity index (χ3v) is 3.43. The van der Waals surface area contributed by atoms with Gasteiger partial charge in [0, 0.05) is 0 Å². The van der Waals surface area contributed by atoms with Gasteiger partial charge in [-0.2, -0.15) is 0 Å². The van der Waals surface area contributed by atoms with E-state index in [1.165, 1.54) is 6.92 Å². The number of esters is 1. The number of unbranched alkanes of at least 4 members (excludes halogenated alkanes) is 1. The van der Waals surface area contributed by atoms with E-state index < -0.39 is 15.9 Å². The Morgan fingerprint density at radius 2 is 1.75 bits per heavy atom. The highest BCUT2D eigenvalue weighted by Gasteiger charge is 2.43. The molecule has 1 unspecified atom stereocenters. The molecule has 0 rings (SSSR count). The highest BCUT2D eigenvalue weighted by atomic mass is 79.9. The molecule has 0 saturated heterocycles. The van der Waals surface area contributed by atoms with Crippen LogP contribution in [-0.2, 0) is 14.3 Å². The van der Waals surface area contributed by atoms with Crippen molar-refractivity contribution in [2.75, 3.05) is 0 Å². The smallest absolute Gasteiger partial charge is 0.331 e. The SMILES string of the molecule is CCCCC(Br)(C(C)=O)C(=O)OC(C)(C)C. The summed E-state index contributed by atoms with van der Waals surface area (Å²) in [6, 6.07) is 0. The molecule has 0 aliphatic carbocycles. The van der Waals surface area contributed by atoms with Crippen molar-refractivity contribution in [3.63, 3.8) is 0 Å². The van der Waals surface area contributed by atoms with Gasteiger partial charge in [0.25, 0.3) is 0 Å². The molecular formula is C12H21BrO3. The standard InChI is InChI=1S/C12H21BrO3/c1-6-7-8-12(13,9(2)14)10(15)16-11(3,4)5/h6-8H2,1-5H3. The van der Waals surface area contributed by atoms with E-state index in [1.54, 1.807) is 20.8 Å². The van der Waals surface area contributed by atoms with Crippen molar-refractivity contribution < 1.29 is 14.3 Å². The van der Waals surface area contributed by atoms with Crippen LogP contribution in [0.5, 0.6) is 0 Å². The van der Waals surface area contributed by atoms with E-state index in [4.69, 9.17) is 4.74 Å². The molecule has 0 fully saturated rings. The number of rotatable bonds is 5. The Kier molecular flexibility index (Phi) is 5.66. The van der Waals surface area contributed by atoms with Crippen LogP contribution >= 0.6 is 15.9 Å². The molecule has 0 amide bonds. The molecule has 0 radical (unpaired) electrons. The van der Waals surface area contributed by atoms with E-state index >= 15 is 0 Å². The third kappa shape index (κ3) is 4.64. The predicted molar refractivity (Wildman–Crippen MR) is 67.7 cm³/mol. The van der Waals surface area contributed by atoms with E-state index in [-0.39, 0.29) is 5.78 Å². The lowest BCUT2D eigenvalue weighted by Gasteiger charge is -2.28. The summed E-state index contributed by atoms with van der Waals surface area (Å²) in [6.45, 7) is 8.80. The van der Waals surface area contributed by atoms with Crippen LogP contribution in [-0.4, -0.2) is 21.7 Å². The van der Waals surface area contributed by atoms with Crippen molar-refractivity contribution in [1.29, 1.82) is 0 Å². The van der Waals surface area contributed by atoms with Gasteiger partial charge in [0.15, 0.2) is 10.1 Å². The summed E-state index contributed by atoms with van der Waals surface area (Å²) in [5.41, 5.74) is -0.572. The number of hydrogen-bond acceptors (Lipinski definition) is 3. The van der Waals surface area contributed by atoms with Gasteiger partial charge >= 0.3 is 5.97 Å². The van der Waals surface area contributed by atoms with Crippen LogP contribution < -0.4 is 0 Å². The molecule has 0 spiro atoms. The van der Waals surface area contributed by atoms with E-state index in [2.05, 4.69) is 15.9 Å². The van der Waals surface area contributed by atoms with Crippen molar-refractivity contribution in [2.24, 2.45) is 0 Å². The molecule has 3 nitrogen and oxygen atoms in total. The van der Waals surface area contributed by atoms with Gasteiger partial charge in [0.2, 0.25) is 0 Å². The van der Waals surface area contributed by atoms with Crippen LogP contribution in [0.1, 0.15) is 53.9 Å². The average Bonchev–Trinajstić information content (AvgIpc) is 2.10. The molecule has 16 heavy (non-hydrogen) atoms. The normalized spacial score (nSPS) is 15.4. The zero-order valence-corrected chi connectivity index (χ0v) is 12.3. The summed E-state index contributed by atoms with van der Waals surface area (Å²) < 4.78 is 4.08. The van der Waals surface area contributed by atoms with Crippen molar-refractivity contribution in [3.05, 3.63) is 0 Å². The van der Waals surface area contributed by atoms with Gasteiger partial charge in [-0.25, -0.2) is 0 Å². The zero-order valence-electron chi connectivity index (χ0n) is 10.7. The largest absolute Gasteiger partial charge is 0.459 e. The molecule has 0 aromatic heterocycles. The van der Waals surface area contributed by atoms with Crippen LogP contribution in [0.25, 0.3) is 0 Å². The van der Waals surface area contributed by atoms with Crippen molar-refractivity contribution in [1.82, 2.24) is 0 Å². The monoisotopic (exact) mass is 292 g/mol. The number of hydrogen-bond donors (Lipinski definition) is 0. The first-order valence-corrected chi connectivity index (χ1v) is 6.36. The Morgan fingerprint density at radius 1 is 1.25 bits per heavy atom. The quantitative estimate of drug-likeness (QED) is 0.444. The molecule has 94 valence electrons. The Hall–Kier alpha value is -0.380. The summed E-state index contributed by atoms with van der Waals surface area (Å²) in [7, 11) is 0. The van der Waals surface area contributed by atoms with Crippen molar-refractivity contribution in [2.45, 2.75) is 63.8 Å². The summed E-state index contributed by atoms with van der Waals surface area (Å²) in [5, 5.41) is 0. The van der Waals surface area contributed by atoms with Gasteiger partial charge in [-0.1, -0.05) is 35.7 Å². The molecule has 0 heterocycles. The number of ketones is 1. The molecule has 0 aromatic carbocycles. The number of carbonyl (C=O) groups excluding carboxylic acids is 2. The Labute approximate surface area is 106 Å². The summed E-state index contributed by atoms with van der Waals surface area (Å²) >= 11 is 3.24. The zero-order chi connectivity index (χ0) is 13.0. The molecule has 0 N–H and O–H groups in total. The minimum absolute atomic E-state index is 0.199. The van der Waals surface area contributed by atoms with Gasteiger partial charge in [-0.05, 0) is 34.1 Å². The average molecular weight is 293 g/mol. The fourth-order valence-corrected chi connectivity index (χ4v) is 1.56. The van der Waals surface area contributed by atoms with E-state index in [1.807, 2.05) is 6.92 Å². The maximum Gasteiger partial charge on any atom is 0.331 e. The van der Waals surface area contributed by atoms with Gasteiger partial charge in [-0.15, -0.1) is 0 Å². The van der Waals surface area contributed by atoms with Crippen LogP contribution in [0, 0.1) is 0 Å². The minimum Gasteiger partial charge on any atom is -0.459 e. The molecule has 0 saturated carbocycles. The maximum absolute atomic E-state index is 11.9. The molecule has 0 aliphatic heterocycles. The summed E-state index contributed by atoms with van der Waals surface area (Å²) in [6.07, 6.45) is 2.22. The number of ether oxygens (including phenoxy) is 1. The second kappa shape index (κ2) is 5.80. The first-order valence-electron chi connectivity index (χ1n) is 5.57. The Bertz CT molecular complexity index is 268. The molecule has 0 bridgehead atoms. The Morgan fingerprint density at radius 3 is 2.06 bits per heavy atom. The fourth-order valence-electron chi connectivity index (χ4n) is 1.20. The van der Waals surface area contributed by atoms with Crippen LogP contribution in [0.2, 0.25) is 0 Å². The molecule has 1 atom stereocenters. The maximum atomic E-state index is 11.9. The highest BCUT2D eigenvalue weighted by Crippen LogP contribution is 2.29. The number of alkyl halides is 1. The first-order chi connectivity index (χ1) is 7.13. The van der Waals surface area contributed by atoms with Gasteiger partial charge in [0.1, 0.15) is 5.60 Å².